The average molecular weight is 295 g/mol. The van der Waals surface area contributed by atoms with E-state index >= 15 is 0 Å². The average Bonchev–Trinajstić information content (AvgIpc) is 2.52. The van der Waals surface area contributed by atoms with E-state index in [2.05, 4.69) is 4.98 Å². The summed E-state index contributed by atoms with van der Waals surface area (Å²) in [5.74, 6) is -0.509. The Labute approximate surface area is 124 Å². The van der Waals surface area contributed by atoms with E-state index in [4.69, 9.17) is 5.73 Å². The Morgan fingerprint density at radius 1 is 1.09 bits per heavy atom. The van der Waals surface area contributed by atoms with Gasteiger partial charge in [0.1, 0.15) is 0 Å². The Balaban J connectivity index is 2.23. The molecule has 0 aliphatic heterocycles. The minimum Gasteiger partial charge on any atom is -0.366 e. The molecule has 0 spiro atoms. The Morgan fingerprint density at radius 2 is 1.82 bits per heavy atom. The monoisotopic (exact) mass is 295 g/mol. The molecule has 1 heterocycles. The maximum Gasteiger partial charge on any atom is 0.328 e. The van der Waals surface area contributed by atoms with Crippen LogP contribution in [0.1, 0.15) is 10.4 Å². The van der Waals surface area contributed by atoms with Gasteiger partial charge in [-0.3, -0.25) is 14.2 Å². The van der Waals surface area contributed by atoms with Gasteiger partial charge in [-0.15, -0.1) is 0 Å². The molecule has 3 N–H and O–H groups in total. The highest BCUT2D eigenvalue weighted by Gasteiger charge is 2.07. The Kier molecular flexibility index (Phi) is 3.14. The molecule has 3 rings (SSSR count). The number of benzene rings is 2. The van der Waals surface area contributed by atoms with Gasteiger partial charge in [-0.1, -0.05) is 18.2 Å². The first kappa shape index (κ1) is 13.8. The summed E-state index contributed by atoms with van der Waals surface area (Å²) in [5.41, 5.74) is 6.86. The Morgan fingerprint density at radius 3 is 2.55 bits per heavy atom. The highest BCUT2D eigenvalue weighted by molar-refractivity contribution is 5.94. The molecule has 0 unspecified atom stereocenters. The van der Waals surface area contributed by atoms with Crippen LogP contribution < -0.4 is 17.0 Å². The van der Waals surface area contributed by atoms with Crippen LogP contribution in [0.5, 0.6) is 0 Å². The van der Waals surface area contributed by atoms with Crippen LogP contribution in [0, 0.1) is 0 Å². The zero-order chi connectivity index (χ0) is 15.9. The summed E-state index contributed by atoms with van der Waals surface area (Å²) >= 11 is 0. The largest absolute Gasteiger partial charge is 0.366 e. The van der Waals surface area contributed by atoms with Crippen molar-refractivity contribution < 1.29 is 4.79 Å². The molecule has 0 radical (unpaired) electrons. The minimum absolute atomic E-state index is 0.351. The van der Waals surface area contributed by atoms with Crippen LogP contribution in [0.15, 0.2) is 52.1 Å². The van der Waals surface area contributed by atoms with E-state index in [9.17, 15) is 14.4 Å². The van der Waals surface area contributed by atoms with Gasteiger partial charge in [-0.25, -0.2) is 4.79 Å². The number of hydrogen-bond acceptors (Lipinski definition) is 3. The van der Waals surface area contributed by atoms with Crippen LogP contribution in [0.2, 0.25) is 0 Å². The van der Waals surface area contributed by atoms with E-state index in [0.717, 1.165) is 15.7 Å². The van der Waals surface area contributed by atoms with Crippen LogP contribution in [0.25, 0.3) is 22.0 Å². The highest BCUT2D eigenvalue weighted by atomic mass is 16.2. The van der Waals surface area contributed by atoms with Gasteiger partial charge in [-0.2, -0.15) is 0 Å². The fourth-order valence-corrected chi connectivity index (χ4v) is 2.34. The van der Waals surface area contributed by atoms with E-state index in [1.807, 2.05) is 6.07 Å². The number of nitrogens with two attached hydrogens (primary N) is 1. The highest BCUT2D eigenvalue weighted by Crippen LogP contribution is 2.22. The van der Waals surface area contributed by atoms with Gasteiger partial charge in [0, 0.05) is 12.6 Å². The first-order valence-corrected chi connectivity index (χ1v) is 6.60. The number of nitrogens with one attached hydrogen (secondary N) is 1. The fraction of sp³-hybridized carbons (Fsp3) is 0.0625. The van der Waals surface area contributed by atoms with Gasteiger partial charge < -0.3 is 10.7 Å². The van der Waals surface area contributed by atoms with Gasteiger partial charge in [0.25, 0.3) is 5.56 Å². The van der Waals surface area contributed by atoms with Crippen LogP contribution >= 0.6 is 0 Å². The molecule has 6 nitrogen and oxygen atoms in total. The van der Waals surface area contributed by atoms with Crippen molar-refractivity contribution in [3.63, 3.8) is 0 Å². The van der Waals surface area contributed by atoms with Crippen LogP contribution in [-0.2, 0) is 7.05 Å². The van der Waals surface area contributed by atoms with Gasteiger partial charge in [0.05, 0.1) is 10.9 Å². The molecule has 1 amide bonds. The number of fused-ring (bicyclic) bond motifs is 1. The topological polar surface area (TPSA) is 97.9 Å². The molecule has 0 bridgehead atoms. The smallest absolute Gasteiger partial charge is 0.328 e. The number of carbonyl (C=O) groups excluding carboxylic acids is 1. The summed E-state index contributed by atoms with van der Waals surface area (Å²) in [4.78, 5) is 37.6. The lowest BCUT2D eigenvalue weighted by Crippen LogP contribution is -2.32. The van der Waals surface area contributed by atoms with Crippen molar-refractivity contribution in [2.45, 2.75) is 0 Å². The molecule has 2 aromatic carbocycles. The number of aromatic nitrogens is 2. The van der Waals surface area contributed by atoms with Crippen LogP contribution in [0.3, 0.4) is 0 Å². The lowest BCUT2D eigenvalue weighted by Gasteiger charge is -2.06. The molecule has 0 aliphatic carbocycles. The predicted molar refractivity (Wildman–Crippen MR) is 83.8 cm³/mol. The Hall–Kier alpha value is -3.15. The second-order valence-electron chi connectivity index (χ2n) is 5.00. The third-order valence-corrected chi connectivity index (χ3v) is 3.58. The summed E-state index contributed by atoms with van der Waals surface area (Å²) in [6, 6.07) is 12.0. The summed E-state index contributed by atoms with van der Waals surface area (Å²) < 4.78 is 1.02. The first-order valence-electron chi connectivity index (χ1n) is 6.60. The maximum atomic E-state index is 12.0. The summed E-state index contributed by atoms with van der Waals surface area (Å²) in [5, 5.41) is 0.428. The quantitative estimate of drug-likeness (QED) is 0.737. The van der Waals surface area contributed by atoms with Crippen molar-refractivity contribution in [3.8, 4) is 11.1 Å². The molecule has 22 heavy (non-hydrogen) atoms. The molecular formula is C16H13N3O3. The van der Waals surface area contributed by atoms with E-state index < -0.39 is 11.6 Å². The van der Waals surface area contributed by atoms with Crippen molar-refractivity contribution in [1.82, 2.24) is 9.55 Å². The van der Waals surface area contributed by atoms with Gasteiger partial charge in [0.2, 0.25) is 5.91 Å². The lowest BCUT2D eigenvalue weighted by atomic mass is 10.0. The first-order chi connectivity index (χ1) is 10.5. The predicted octanol–water partition coefficient (Wildman–Crippen LogP) is 0.993. The number of hydrogen-bond donors (Lipinski definition) is 2. The molecule has 3 aromatic rings. The SMILES string of the molecule is Cn1c(=O)[nH]c2cc(-c3cccc(C(N)=O)c3)ccc2c1=O. The number of nitrogens with zero attached hydrogens (tertiary/aromatic N) is 1. The molecule has 1 aromatic heterocycles. The van der Waals surface area contributed by atoms with E-state index in [0.29, 0.717) is 16.5 Å². The van der Waals surface area contributed by atoms with Gasteiger partial charge in [-0.05, 0) is 35.4 Å². The minimum atomic E-state index is -0.509. The number of carbonyl (C=O) groups is 1. The van der Waals surface area contributed by atoms with E-state index in [1.165, 1.54) is 7.05 Å². The maximum absolute atomic E-state index is 12.0. The second-order valence-corrected chi connectivity index (χ2v) is 5.00. The van der Waals surface area contributed by atoms with Crippen molar-refractivity contribution in [3.05, 3.63) is 68.9 Å². The number of rotatable bonds is 2. The van der Waals surface area contributed by atoms with Crippen molar-refractivity contribution in [2.24, 2.45) is 12.8 Å². The number of H-pyrrole nitrogens is 1. The van der Waals surface area contributed by atoms with Crippen molar-refractivity contribution in [1.29, 1.82) is 0 Å². The standard InChI is InChI=1S/C16H13N3O3/c1-19-15(21)12-6-5-10(8-13(12)18-16(19)22)9-3-2-4-11(7-9)14(17)20/h2-8H,1H3,(H2,17,20)(H,18,22). The Bertz CT molecular complexity index is 1020. The van der Waals surface area contributed by atoms with Gasteiger partial charge >= 0.3 is 5.69 Å². The normalized spacial score (nSPS) is 10.8. The molecule has 0 atom stereocenters. The molecular weight excluding hydrogens is 282 g/mol. The molecule has 0 saturated carbocycles. The van der Waals surface area contributed by atoms with Crippen molar-refractivity contribution in [2.75, 3.05) is 0 Å². The molecule has 0 fully saturated rings. The van der Waals surface area contributed by atoms with E-state index in [1.54, 1.807) is 36.4 Å². The van der Waals surface area contributed by atoms with Crippen LogP contribution in [-0.4, -0.2) is 15.5 Å². The zero-order valence-electron chi connectivity index (χ0n) is 11.8. The summed E-state index contributed by atoms with van der Waals surface area (Å²) in [6.45, 7) is 0. The van der Waals surface area contributed by atoms with Crippen molar-refractivity contribution >= 4 is 16.8 Å². The number of amides is 1. The third kappa shape index (κ3) is 2.20. The molecule has 0 aliphatic rings. The fourth-order valence-electron chi connectivity index (χ4n) is 2.34. The third-order valence-electron chi connectivity index (χ3n) is 3.58. The molecule has 0 saturated heterocycles. The lowest BCUT2D eigenvalue weighted by molar-refractivity contribution is 0.100. The molecule has 110 valence electrons. The second kappa shape index (κ2) is 5.00. The van der Waals surface area contributed by atoms with E-state index in [-0.39, 0.29) is 5.56 Å². The number of primary amides is 1. The van der Waals surface area contributed by atoms with Gasteiger partial charge in [0.15, 0.2) is 0 Å². The zero-order valence-corrected chi connectivity index (χ0v) is 11.8. The summed E-state index contributed by atoms with van der Waals surface area (Å²) in [7, 11) is 1.42. The van der Waals surface area contributed by atoms with Crippen LogP contribution in [0.4, 0.5) is 0 Å². The molecule has 6 heteroatoms. The summed E-state index contributed by atoms with van der Waals surface area (Å²) in [6.07, 6.45) is 0. The number of aromatic amines is 1.